The fourth-order valence-corrected chi connectivity index (χ4v) is 3.86. The van der Waals surface area contributed by atoms with E-state index in [1.807, 2.05) is 19.9 Å². The lowest BCUT2D eigenvalue weighted by molar-refractivity contribution is 0.0858. The van der Waals surface area contributed by atoms with Crippen LogP contribution in [0, 0.1) is 13.8 Å². The van der Waals surface area contributed by atoms with E-state index in [-0.39, 0.29) is 17.9 Å². The van der Waals surface area contributed by atoms with E-state index in [1.54, 1.807) is 35.6 Å². The first kappa shape index (κ1) is 17.6. The third-order valence-electron chi connectivity index (χ3n) is 4.22. The van der Waals surface area contributed by atoms with Crippen molar-refractivity contribution in [1.29, 1.82) is 0 Å². The standard InChI is InChI=1S/C19H22N2O3S/c1-12-10-16(13(2)25-12)19(23)21-17-8-4-3-7-15(17)18(22)20-11-14-6-5-9-24-14/h3-4,7-8,10,14H,5-6,9,11H2,1-2H3,(H,20,22)(H,21,23). The van der Waals surface area contributed by atoms with Crippen LogP contribution in [0.3, 0.4) is 0 Å². The molecule has 6 heteroatoms. The van der Waals surface area contributed by atoms with Gasteiger partial charge in [0.25, 0.3) is 11.8 Å². The summed E-state index contributed by atoms with van der Waals surface area (Å²) in [5, 5.41) is 5.76. The van der Waals surface area contributed by atoms with Crippen LogP contribution in [0.4, 0.5) is 5.69 Å². The van der Waals surface area contributed by atoms with Gasteiger partial charge in [-0.2, -0.15) is 0 Å². The van der Waals surface area contributed by atoms with E-state index in [1.165, 1.54) is 0 Å². The maximum Gasteiger partial charge on any atom is 0.256 e. The van der Waals surface area contributed by atoms with E-state index in [0.29, 0.717) is 23.4 Å². The highest BCUT2D eigenvalue weighted by atomic mass is 32.1. The summed E-state index contributed by atoms with van der Waals surface area (Å²) in [6.45, 7) is 5.14. The van der Waals surface area contributed by atoms with Gasteiger partial charge in [-0.1, -0.05) is 12.1 Å². The number of para-hydroxylation sites is 1. The van der Waals surface area contributed by atoms with Crippen molar-refractivity contribution in [2.45, 2.75) is 32.8 Å². The van der Waals surface area contributed by atoms with Crippen molar-refractivity contribution in [3.63, 3.8) is 0 Å². The van der Waals surface area contributed by atoms with E-state index >= 15 is 0 Å². The van der Waals surface area contributed by atoms with Gasteiger partial charge in [0, 0.05) is 22.9 Å². The summed E-state index contributed by atoms with van der Waals surface area (Å²) in [5.74, 6) is -0.397. The summed E-state index contributed by atoms with van der Waals surface area (Å²) in [6.07, 6.45) is 2.09. The van der Waals surface area contributed by atoms with Crippen LogP contribution in [0.1, 0.15) is 43.3 Å². The number of hydrogen-bond acceptors (Lipinski definition) is 4. The highest BCUT2D eigenvalue weighted by Crippen LogP contribution is 2.23. The summed E-state index contributed by atoms with van der Waals surface area (Å²) in [5.41, 5.74) is 1.62. The van der Waals surface area contributed by atoms with Gasteiger partial charge >= 0.3 is 0 Å². The maximum atomic E-state index is 12.5. The molecule has 3 rings (SSSR count). The fourth-order valence-electron chi connectivity index (χ4n) is 2.94. The van der Waals surface area contributed by atoms with Crippen molar-refractivity contribution in [3.05, 3.63) is 51.2 Å². The topological polar surface area (TPSA) is 67.4 Å². The number of amides is 2. The van der Waals surface area contributed by atoms with Crippen LogP contribution >= 0.6 is 11.3 Å². The lowest BCUT2D eigenvalue weighted by atomic mass is 10.1. The molecule has 1 aromatic carbocycles. The van der Waals surface area contributed by atoms with Crippen molar-refractivity contribution in [1.82, 2.24) is 5.32 Å². The lowest BCUT2D eigenvalue weighted by Crippen LogP contribution is -2.32. The number of thiophene rings is 1. The summed E-state index contributed by atoms with van der Waals surface area (Å²) >= 11 is 1.59. The van der Waals surface area contributed by atoms with Crippen molar-refractivity contribution in [3.8, 4) is 0 Å². The average Bonchev–Trinajstić information content (AvgIpc) is 3.22. The second kappa shape index (κ2) is 7.80. The van der Waals surface area contributed by atoms with Gasteiger partial charge in [-0.15, -0.1) is 11.3 Å². The third kappa shape index (κ3) is 4.27. The molecule has 1 unspecified atom stereocenters. The predicted molar refractivity (Wildman–Crippen MR) is 99.5 cm³/mol. The predicted octanol–water partition coefficient (Wildman–Crippen LogP) is 3.53. The molecule has 2 heterocycles. The van der Waals surface area contributed by atoms with Gasteiger partial charge in [0.1, 0.15) is 0 Å². The average molecular weight is 358 g/mol. The second-order valence-corrected chi connectivity index (χ2v) is 7.63. The quantitative estimate of drug-likeness (QED) is 0.859. The van der Waals surface area contributed by atoms with Gasteiger partial charge in [0.05, 0.1) is 22.9 Å². The van der Waals surface area contributed by atoms with E-state index < -0.39 is 0 Å². The number of carbonyl (C=O) groups is 2. The molecule has 0 radical (unpaired) electrons. The molecule has 2 aromatic rings. The highest BCUT2D eigenvalue weighted by Gasteiger charge is 2.19. The Kier molecular flexibility index (Phi) is 5.50. The van der Waals surface area contributed by atoms with Crippen LogP contribution in [0.5, 0.6) is 0 Å². The zero-order valence-electron chi connectivity index (χ0n) is 14.4. The Bertz CT molecular complexity index is 779. The number of anilines is 1. The number of benzene rings is 1. The number of hydrogen-bond donors (Lipinski definition) is 2. The van der Waals surface area contributed by atoms with Crippen LogP contribution in [0.25, 0.3) is 0 Å². The molecule has 2 amide bonds. The molecule has 2 N–H and O–H groups in total. The molecule has 0 bridgehead atoms. The highest BCUT2D eigenvalue weighted by molar-refractivity contribution is 7.12. The number of carbonyl (C=O) groups excluding carboxylic acids is 2. The molecule has 25 heavy (non-hydrogen) atoms. The number of nitrogens with one attached hydrogen (secondary N) is 2. The zero-order valence-corrected chi connectivity index (χ0v) is 15.2. The van der Waals surface area contributed by atoms with Gasteiger partial charge in [-0.25, -0.2) is 0 Å². The largest absolute Gasteiger partial charge is 0.376 e. The Morgan fingerprint density at radius 3 is 2.68 bits per heavy atom. The molecule has 1 aliphatic rings. The smallest absolute Gasteiger partial charge is 0.256 e. The molecule has 1 aliphatic heterocycles. The van der Waals surface area contributed by atoms with Crippen LogP contribution in [-0.2, 0) is 4.74 Å². The minimum atomic E-state index is -0.204. The molecule has 132 valence electrons. The molecule has 1 atom stereocenters. The number of rotatable bonds is 5. The minimum absolute atomic E-state index is 0.0853. The first-order chi connectivity index (χ1) is 12.0. The first-order valence-corrected chi connectivity index (χ1v) is 9.23. The number of aryl methyl sites for hydroxylation is 2. The molecule has 0 aliphatic carbocycles. The molecular weight excluding hydrogens is 336 g/mol. The molecular formula is C19H22N2O3S. The van der Waals surface area contributed by atoms with Crippen LogP contribution in [0.15, 0.2) is 30.3 Å². The summed E-state index contributed by atoms with van der Waals surface area (Å²) in [6, 6.07) is 8.92. The maximum absolute atomic E-state index is 12.5. The Morgan fingerprint density at radius 1 is 1.20 bits per heavy atom. The van der Waals surface area contributed by atoms with Crippen molar-refractivity contribution in [2.24, 2.45) is 0 Å². The molecule has 1 saturated heterocycles. The molecule has 0 saturated carbocycles. The summed E-state index contributed by atoms with van der Waals surface area (Å²) < 4.78 is 5.52. The van der Waals surface area contributed by atoms with Crippen LogP contribution < -0.4 is 10.6 Å². The van der Waals surface area contributed by atoms with Crippen LogP contribution in [0.2, 0.25) is 0 Å². The van der Waals surface area contributed by atoms with E-state index in [2.05, 4.69) is 10.6 Å². The van der Waals surface area contributed by atoms with E-state index in [9.17, 15) is 9.59 Å². The van der Waals surface area contributed by atoms with E-state index in [4.69, 9.17) is 4.74 Å². The van der Waals surface area contributed by atoms with Gasteiger partial charge in [-0.05, 0) is 44.9 Å². The zero-order chi connectivity index (χ0) is 17.8. The monoisotopic (exact) mass is 358 g/mol. The fraction of sp³-hybridized carbons (Fsp3) is 0.368. The van der Waals surface area contributed by atoms with Crippen LogP contribution in [-0.4, -0.2) is 31.1 Å². The van der Waals surface area contributed by atoms with Gasteiger partial charge in [0.15, 0.2) is 0 Å². The van der Waals surface area contributed by atoms with E-state index in [0.717, 1.165) is 29.2 Å². The normalized spacial score (nSPS) is 16.6. The molecule has 1 aromatic heterocycles. The minimum Gasteiger partial charge on any atom is -0.376 e. The Hall–Kier alpha value is -2.18. The molecule has 5 nitrogen and oxygen atoms in total. The number of ether oxygens (including phenoxy) is 1. The third-order valence-corrected chi connectivity index (χ3v) is 5.19. The molecule has 0 spiro atoms. The summed E-state index contributed by atoms with van der Waals surface area (Å²) in [7, 11) is 0. The first-order valence-electron chi connectivity index (χ1n) is 8.42. The van der Waals surface area contributed by atoms with Gasteiger partial charge in [-0.3, -0.25) is 9.59 Å². The SMILES string of the molecule is Cc1cc(C(=O)Nc2ccccc2C(=O)NCC2CCCO2)c(C)s1. The lowest BCUT2D eigenvalue weighted by Gasteiger charge is -2.13. The second-order valence-electron chi connectivity index (χ2n) is 6.17. The van der Waals surface area contributed by atoms with Crippen molar-refractivity contribution >= 4 is 28.8 Å². The van der Waals surface area contributed by atoms with Crippen molar-refractivity contribution in [2.75, 3.05) is 18.5 Å². The molecule has 1 fully saturated rings. The summed E-state index contributed by atoms with van der Waals surface area (Å²) in [4.78, 5) is 27.1. The van der Waals surface area contributed by atoms with Gasteiger partial charge < -0.3 is 15.4 Å². The van der Waals surface area contributed by atoms with Gasteiger partial charge in [0.2, 0.25) is 0 Å². The van der Waals surface area contributed by atoms with Crippen molar-refractivity contribution < 1.29 is 14.3 Å². The Balaban J connectivity index is 1.70. The Labute approximate surface area is 151 Å². The Morgan fingerprint density at radius 2 is 2.00 bits per heavy atom.